The fraction of sp³-hybridized carbons (Fsp3) is 0.267. The molecule has 0 spiro atoms. The Morgan fingerprint density at radius 1 is 1.20 bits per heavy atom. The maximum absolute atomic E-state index is 4.37. The molecule has 0 unspecified atom stereocenters. The number of rotatable bonds is 5. The molecule has 0 saturated heterocycles. The van der Waals surface area contributed by atoms with Gasteiger partial charge in [0.05, 0.1) is 0 Å². The summed E-state index contributed by atoms with van der Waals surface area (Å²) in [6, 6.07) is 10.9. The van der Waals surface area contributed by atoms with Gasteiger partial charge in [0.15, 0.2) is 0 Å². The first-order valence-corrected chi connectivity index (χ1v) is 8.76. The van der Waals surface area contributed by atoms with E-state index in [2.05, 4.69) is 74.2 Å². The van der Waals surface area contributed by atoms with Crippen LogP contribution in [0.5, 0.6) is 0 Å². The second kappa shape index (κ2) is 7.59. The number of halogens is 2. The third-order valence-electron chi connectivity index (χ3n) is 2.65. The molecule has 2 nitrogen and oxygen atoms in total. The van der Waals surface area contributed by atoms with Gasteiger partial charge in [-0.25, -0.2) is 4.98 Å². The minimum atomic E-state index is 0.489. The zero-order valence-corrected chi connectivity index (χ0v) is 15.3. The lowest BCUT2D eigenvalue weighted by Gasteiger charge is -2.10. The van der Waals surface area contributed by atoms with Crippen molar-refractivity contribution in [2.45, 2.75) is 36.4 Å². The molecule has 0 radical (unpaired) electrons. The number of aromatic nitrogens is 1. The summed E-state index contributed by atoms with van der Waals surface area (Å²) >= 11 is 8.70. The Balaban J connectivity index is 2.06. The van der Waals surface area contributed by atoms with Gasteiger partial charge in [-0.05, 0) is 45.8 Å². The SMILES string of the molecule is CC(C)NCc1ccc(Sc2ccc(Br)cn2)cc1Br. The van der Waals surface area contributed by atoms with E-state index in [1.807, 2.05) is 18.3 Å². The largest absolute Gasteiger partial charge is 0.310 e. The van der Waals surface area contributed by atoms with Crippen LogP contribution in [0.25, 0.3) is 0 Å². The van der Waals surface area contributed by atoms with Gasteiger partial charge >= 0.3 is 0 Å². The second-order valence-corrected chi connectivity index (χ2v) is 7.57. The summed E-state index contributed by atoms with van der Waals surface area (Å²) < 4.78 is 2.13. The summed E-state index contributed by atoms with van der Waals surface area (Å²) in [5, 5.41) is 4.42. The van der Waals surface area contributed by atoms with Crippen molar-refractivity contribution in [3.63, 3.8) is 0 Å². The maximum atomic E-state index is 4.37. The van der Waals surface area contributed by atoms with Crippen molar-refractivity contribution in [1.29, 1.82) is 0 Å². The molecule has 2 rings (SSSR count). The first-order valence-electron chi connectivity index (χ1n) is 6.36. The second-order valence-electron chi connectivity index (χ2n) is 4.71. The Bertz CT molecular complexity index is 571. The lowest BCUT2D eigenvalue weighted by molar-refractivity contribution is 0.587. The zero-order valence-electron chi connectivity index (χ0n) is 11.4. The van der Waals surface area contributed by atoms with E-state index in [1.165, 1.54) is 10.5 Å². The zero-order chi connectivity index (χ0) is 14.5. The first kappa shape index (κ1) is 16.0. The van der Waals surface area contributed by atoms with Crippen molar-refractivity contribution >= 4 is 43.6 Å². The van der Waals surface area contributed by atoms with E-state index in [0.717, 1.165) is 20.5 Å². The first-order chi connectivity index (χ1) is 9.54. The Labute approximate surface area is 141 Å². The molecule has 0 fully saturated rings. The molecule has 0 aliphatic heterocycles. The third kappa shape index (κ3) is 4.88. The van der Waals surface area contributed by atoms with E-state index in [9.17, 15) is 0 Å². The molecule has 1 aromatic heterocycles. The number of nitrogens with zero attached hydrogens (tertiary/aromatic N) is 1. The van der Waals surface area contributed by atoms with Crippen LogP contribution >= 0.6 is 43.6 Å². The van der Waals surface area contributed by atoms with E-state index in [0.29, 0.717) is 6.04 Å². The predicted molar refractivity (Wildman–Crippen MR) is 92.2 cm³/mol. The minimum Gasteiger partial charge on any atom is -0.310 e. The van der Waals surface area contributed by atoms with Gasteiger partial charge in [-0.1, -0.05) is 47.6 Å². The standard InChI is InChI=1S/C15H16Br2N2S/c1-10(2)18-8-11-3-5-13(7-14(11)17)20-15-6-4-12(16)9-19-15/h3-7,9-10,18H,8H2,1-2H3. The summed E-state index contributed by atoms with van der Waals surface area (Å²) in [5.74, 6) is 0. The van der Waals surface area contributed by atoms with E-state index < -0.39 is 0 Å². The lowest BCUT2D eigenvalue weighted by Crippen LogP contribution is -2.21. The number of hydrogen-bond acceptors (Lipinski definition) is 3. The highest BCUT2D eigenvalue weighted by molar-refractivity contribution is 9.10. The number of pyridine rings is 1. The van der Waals surface area contributed by atoms with Crippen molar-refractivity contribution in [3.8, 4) is 0 Å². The van der Waals surface area contributed by atoms with Gasteiger partial charge in [-0.15, -0.1) is 0 Å². The van der Waals surface area contributed by atoms with Crippen LogP contribution in [0.1, 0.15) is 19.4 Å². The van der Waals surface area contributed by atoms with Gasteiger partial charge in [-0.3, -0.25) is 0 Å². The Hall–Kier alpha value is -0.360. The molecule has 0 saturated carbocycles. The van der Waals surface area contributed by atoms with Gasteiger partial charge in [-0.2, -0.15) is 0 Å². The average molecular weight is 416 g/mol. The summed E-state index contributed by atoms with van der Waals surface area (Å²) in [6.45, 7) is 5.17. The van der Waals surface area contributed by atoms with Gasteiger partial charge in [0.1, 0.15) is 5.03 Å². The van der Waals surface area contributed by atoms with Crippen molar-refractivity contribution in [1.82, 2.24) is 10.3 Å². The highest BCUT2D eigenvalue weighted by atomic mass is 79.9. The molecule has 0 atom stereocenters. The predicted octanol–water partition coefficient (Wildman–Crippen LogP) is 5.26. The number of benzene rings is 1. The monoisotopic (exact) mass is 414 g/mol. The molecule has 0 aliphatic carbocycles. The summed E-state index contributed by atoms with van der Waals surface area (Å²) in [4.78, 5) is 5.55. The quantitative estimate of drug-likeness (QED) is 0.721. The minimum absolute atomic E-state index is 0.489. The summed E-state index contributed by atoms with van der Waals surface area (Å²) in [7, 11) is 0. The topological polar surface area (TPSA) is 24.9 Å². The van der Waals surface area contributed by atoms with Crippen molar-refractivity contribution < 1.29 is 0 Å². The average Bonchev–Trinajstić information content (AvgIpc) is 2.40. The van der Waals surface area contributed by atoms with Gasteiger partial charge in [0, 0.05) is 32.6 Å². The molecule has 0 aliphatic rings. The number of nitrogens with one attached hydrogen (secondary N) is 1. The van der Waals surface area contributed by atoms with Crippen molar-refractivity contribution in [3.05, 3.63) is 51.0 Å². The molecule has 106 valence electrons. The lowest BCUT2D eigenvalue weighted by atomic mass is 10.2. The smallest absolute Gasteiger partial charge is 0.101 e. The molecule has 20 heavy (non-hydrogen) atoms. The summed E-state index contributed by atoms with van der Waals surface area (Å²) in [6.07, 6.45) is 1.82. The van der Waals surface area contributed by atoms with Crippen LogP contribution in [0, 0.1) is 0 Å². The van der Waals surface area contributed by atoms with E-state index in [-0.39, 0.29) is 0 Å². The van der Waals surface area contributed by atoms with E-state index >= 15 is 0 Å². The van der Waals surface area contributed by atoms with Crippen molar-refractivity contribution in [2.24, 2.45) is 0 Å². The molecule has 0 bridgehead atoms. The Morgan fingerprint density at radius 3 is 2.60 bits per heavy atom. The molecule has 2 aromatic rings. The molecular formula is C15H16Br2N2S. The van der Waals surface area contributed by atoms with Gasteiger partial charge in [0.2, 0.25) is 0 Å². The molecule has 1 heterocycles. The van der Waals surface area contributed by atoms with Crippen LogP contribution in [0.3, 0.4) is 0 Å². The van der Waals surface area contributed by atoms with E-state index in [1.54, 1.807) is 11.8 Å². The highest BCUT2D eigenvalue weighted by Gasteiger charge is 2.04. The highest BCUT2D eigenvalue weighted by Crippen LogP contribution is 2.30. The van der Waals surface area contributed by atoms with Gasteiger partial charge < -0.3 is 5.32 Å². The fourth-order valence-corrected chi connectivity index (χ4v) is 3.29. The van der Waals surface area contributed by atoms with Crippen molar-refractivity contribution in [2.75, 3.05) is 0 Å². The van der Waals surface area contributed by atoms with Crippen LogP contribution in [0.15, 0.2) is 55.4 Å². The molecule has 1 N–H and O–H groups in total. The normalized spacial score (nSPS) is 11.1. The summed E-state index contributed by atoms with van der Waals surface area (Å²) in [5.41, 5.74) is 1.27. The molecular weight excluding hydrogens is 400 g/mol. The third-order valence-corrected chi connectivity index (χ3v) is 4.80. The van der Waals surface area contributed by atoms with Crippen LogP contribution in [0.4, 0.5) is 0 Å². The van der Waals surface area contributed by atoms with Crippen LogP contribution in [-0.2, 0) is 6.54 Å². The molecule has 0 amide bonds. The molecule has 5 heteroatoms. The Kier molecular flexibility index (Phi) is 6.08. The van der Waals surface area contributed by atoms with E-state index in [4.69, 9.17) is 0 Å². The Morgan fingerprint density at radius 2 is 2.00 bits per heavy atom. The van der Waals surface area contributed by atoms with Crippen LogP contribution in [-0.4, -0.2) is 11.0 Å². The maximum Gasteiger partial charge on any atom is 0.101 e. The van der Waals surface area contributed by atoms with Crippen LogP contribution < -0.4 is 5.32 Å². The fourth-order valence-electron chi connectivity index (χ4n) is 1.59. The number of hydrogen-bond donors (Lipinski definition) is 1. The van der Waals surface area contributed by atoms with Gasteiger partial charge in [0.25, 0.3) is 0 Å². The van der Waals surface area contributed by atoms with Crippen LogP contribution in [0.2, 0.25) is 0 Å². The molecule has 1 aromatic carbocycles.